The zero-order valence-electron chi connectivity index (χ0n) is 21.5. The Morgan fingerprint density at radius 2 is 1.95 bits per heavy atom. The Balaban J connectivity index is 1.40. The van der Waals surface area contributed by atoms with Gasteiger partial charge in [0.15, 0.2) is 17.3 Å². The van der Waals surface area contributed by atoms with Crippen molar-refractivity contribution in [2.75, 3.05) is 5.32 Å². The normalized spacial score (nSPS) is 14.9. The Hall–Kier alpha value is -4.51. The number of aryl methyl sites for hydroxylation is 2. The van der Waals surface area contributed by atoms with Crippen molar-refractivity contribution >= 4 is 22.8 Å². The minimum absolute atomic E-state index is 0.0626. The van der Waals surface area contributed by atoms with Crippen molar-refractivity contribution in [1.29, 1.82) is 0 Å². The summed E-state index contributed by atoms with van der Waals surface area (Å²) in [5.74, 6) is -1.72. The topological polar surface area (TPSA) is 122 Å². The molecule has 39 heavy (non-hydrogen) atoms. The third kappa shape index (κ3) is 4.34. The van der Waals surface area contributed by atoms with E-state index in [2.05, 4.69) is 30.5 Å². The van der Waals surface area contributed by atoms with Crippen LogP contribution in [0.2, 0.25) is 0 Å². The number of aliphatic hydroxyl groups is 1. The SMILES string of the molecule is Cc1ccc(-n2cccc([C@](C)(O)C3CC3)c2=O)cc1-c1[nH]nc2nc(Nc3ncc(F)cc3F)nc(C)c12. The molecular formula is C28H25F2N7O2. The molecule has 0 radical (unpaired) electrons. The fourth-order valence-electron chi connectivity index (χ4n) is 4.94. The van der Waals surface area contributed by atoms with E-state index in [0.29, 0.717) is 33.7 Å². The van der Waals surface area contributed by atoms with Gasteiger partial charge >= 0.3 is 0 Å². The molecule has 4 heterocycles. The molecule has 0 amide bonds. The van der Waals surface area contributed by atoms with Gasteiger partial charge in [0.05, 0.1) is 28.6 Å². The number of rotatable bonds is 6. The molecule has 1 aliphatic carbocycles. The van der Waals surface area contributed by atoms with Gasteiger partial charge in [-0.2, -0.15) is 10.1 Å². The molecule has 0 unspecified atom stereocenters. The quantitative estimate of drug-likeness (QED) is 0.288. The number of hydrogen-bond acceptors (Lipinski definition) is 7. The van der Waals surface area contributed by atoms with Crippen LogP contribution < -0.4 is 10.9 Å². The Kier molecular flexibility index (Phi) is 5.76. The van der Waals surface area contributed by atoms with E-state index >= 15 is 0 Å². The van der Waals surface area contributed by atoms with Gasteiger partial charge in [0.1, 0.15) is 5.82 Å². The van der Waals surface area contributed by atoms with Crippen LogP contribution in [0, 0.1) is 31.4 Å². The second-order valence-electron chi connectivity index (χ2n) is 10.1. The van der Waals surface area contributed by atoms with E-state index in [9.17, 15) is 18.7 Å². The average molecular weight is 530 g/mol. The Morgan fingerprint density at radius 3 is 2.69 bits per heavy atom. The highest BCUT2D eigenvalue weighted by atomic mass is 19.1. The third-order valence-electron chi connectivity index (χ3n) is 7.27. The molecule has 4 aromatic heterocycles. The summed E-state index contributed by atoms with van der Waals surface area (Å²) in [7, 11) is 0. The van der Waals surface area contributed by atoms with Crippen LogP contribution in [0.5, 0.6) is 0 Å². The van der Waals surface area contributed by atoms with Crippen LogP contribution >= 0.6 is 0 Å². The van der Waals surface area contributed by atoms with E-state index in [1.165, 1.54) is 4.57 Å². The molecule has 1 saturated carbocycles. The minimum Gasteiger partial charge on any atom is -0.385 e. The first-order valence-electron chi connectivity index (χ1n) is 12.5. The Bertz CT molecular complexity index is 1810. The van der Waals surface area contributed by atoms with Gasteiger partial charge < -0.3 is 10.4 Å². The van der Waals surface area contributed by atoms with Gasteiger partial charge in [-0.25, -0.2) is 18.7 Å². The maximum Gasteiger partial charge on any atom is 0.261 e. The molecule has 5 aromatic rings. The van der Waals surface area contributed by atoms with Crippen LogP contribution in [0.4, 0.5) is 20.5 Å². The van der Waals surface area contributed by atoms with Gasteiger partial charge in [-0.1, -0.05) is 6.07 Å². The summed E-state index contributed by atoms with van der Waals surface area (Å²) < 4.78 is 28.8. The predicted molar refractivity (Wildman–Crippen MR) is 142 cm³/mol. The Labute approximate surface area is 221 Å². The molecule has 1 fully saturated rings. The number of anilines is 2. The summed E-state index contributed by atoms with van der Waals surface area (Å²) in [6.45, 7) is 5.42. The number of benzene rings is 1. The van der Waals surface area contributed by atoms with Crippen LogP contribution in [0.25, 0.3) is 28.0 Å². The molecule has 198 valence electrons. The van der Waals surface area contributed by atoms with Gasteiger partial charge in [-0.05, 0) is 69.4 Å². The van der Waals surface area contributed by atoms with Gasteiger partial charge in [0, 0.05) is 29.1 Å². The average Bonchev–Trinajstić information content (AvgIpc) is 3.67. The molecule has 11 heteroatoms. The molecule has 9 nitrogen and oxygen atoms in total. The van der Waals surface area contributed by atoms with E-state index in [4.69, 9.17) is 0 Å². The number of fused-ring (bicyclic) bond motifs is 1. The summed E-state index contributed by atoms with van der Waals surface area (Å²) in [5.41, 5.74) is 2.84. The van der Waals surface area contributed by atoms with E-state index < -0.39 is 17.2 Å². The number of pyridine rings is 2. The molecule has 0 saturated heterocycles. The van der Waals surface area contributed by atoms with Crippen LogP contribution in [-0.2, 0) is 5.60 Å². The van der Waals surface area contributed by atoms with Crippen LogP contribution in [0.15, 0.2) is 53.6 Å². The number of aromatic amines is 1. The smallest absolute Gasteiger partial charge is 0.261 e. The lowest BCUT2D eigenvalue weighted by atomic mass is 9.92. The largest absolute Gasteiger partial charge is 0.385 e. The molecule has 0 bridgehead atoms. The maximum absolute atomic E-state index is 14.1. The highest BCUT2D eigenvalue weighted by molar-refractivity contribution is 5.94. The molecule has 3 N–H and O–H groups in total. The van der Waals surface area contributed by atoms with E-state index in [1.54, 1.807) is 32.2 Å². The lowest BCUT2D eigenvalue weighted by molar-refractivity contribution is 0.0314. The van der Waals surface area contributed by atoms with E-state index in [0.717, 1.165) is 36.2 Å². The number of nitrogens with one attached hydrogen (secondary N) is 2. The predicted octanol–water partition coefficient (Wildman–Crippen LogP) is 4.82. The van der Waals surface area contributed by atoms with Gasteiger partial charge in [-0.3, -0.25) is 14.5 Å². The number of halogens is 2. The number of aromatic nitrogens is 6. The first-order chi connectivity index (χ1) is 18.6. The van der Waals surface area contributed by atoms with Crippen molar-refractivity contribution in [1.82, 2.24) is 29.7 Å². The molecule has 0 spiro atoms. The summed E-state index contributed by atoms with van der Waals surface area (Å²) >= 11 is 0. The van der Waals surface area contributed by atoms with Crippen molar-refractivity contribution in [3.63, 3.8) is 0 Å². The molecule has 6 rings (SSSR count). The van der Waals surface area contributed by atoms with Crippen LogP contribution in [0.3, 0.4) is 0 Å². The monoisotopic (exact) mass is 529 g/mol. The molecule has 1 aromatic carbocycles. The van der Waals surface area contributed by atoms with Crippen molar-refractivity contribution in [3.8, 4) is 16.9 Å². The minimum atomic E-state index is -1.18. The second-order valence-corrected chi connectivity index (χ2v) is 10.1. The molecular weight excluding hydrogens is 504 g/mol. The zero-order valence-corrected chi connectivity index (χ0v) is 21.5. The van der Waals surface area contributed by atoms with Gasteiger partial charge in [-0.15, -0.1) is 0 Å². The fourth-order valence-corrected chi connectivity index (χ4v) is 4.94. The lowest BCUT2D eigenvalue weighted by Crippen LogP contribution is -2.34. The molecule has 1 atom stereocenters. The highest BCUT2D eigenvalue weighted by Crippen LogP contribution is 2.44. The summed E-state index contributed by atoms with van der Waals surface area (Å²) in [6.07, 6.45) is 4.38. The zero-order chi connectivity index (χ0) is 27.5. The van der Waals surface area contributed by atoms with Crippen molar-refractivity contribution in [2.24, 2.45) is 5.92 Å². The Morgan fingerprint density at radius 1 is 1.15 bits per heavy atom. The first-order valence-corrected chi connectivity index (χ1v) is 12.5. The van der Waals surface area contributed by atoms with Gasteiger partial charge in [0.2, 0.25) is 5.95 Å². The summed E-state index contributed by atoms with van der Waals surface area (Å²) in [6, 6.07) is 9.81. The van der Waals surface area contributed by atoms with Gasteiger partial charge in [0.25, 0.3) is 5.56 Å². The maximum atomic E-state index is 14.1. The van der Waals surface area contributed by atoms with Crippen LogP contribution in [0.1, 0.15) is 36.6 Å². The lowest BCUT2D eigenvalue weighted by Gasteiger charge is -2.23. The van der Waals surface area contributed by atoms with Crippen molar-refractivity contribution in [3.05, 3.63) is 87.6 Å². The number of nitrogens with zero attached hydrogens (tertiary/aromatic N) is 5. The number of hydrogen-bond donors (Lipinski definition) is 3. The standard InChI is InChI=1S/C28H25F2N7O2/c1-14-6-9-18(37-10-4-5-20(26(37)38)28(3,39)16-7-8-16)12-19(14)23-22-15(2)32-27(34-25(22)36-35-23)33-24-21(30)11-17(29)13-31-24/h4-6,9-13,16,39H,7-8H2,1-3H3,(H2,31,32,33,34,35,36)/t28-/m1/s1. The number of H-pyrrole nitrogens is 1. The van der Waals surface area contributed by atoms with E-state index in [-0.39, 0.29) is 23.2 Å². The van der Waals surface area contributed by atoms with E-state index in [1.807, 2.05) is 25.1 Å². The molecule has 1 aliphatic rings. The third-order valence-corrected chi connectivity index (χ3v) is 7.27. The van der Waals surface area contributed by atoms with Crippen LogP contribution in [-0.4, -0.2) is 34.8 Å². The fraction of sp³-hybridized carbons (Fsp3) is 0.250. The van der Waals surface area contributed by atoms with Crippen molar-refractivity contribution in [2.45, 2.75) is 39.2 Å². The molecule has 0 aliphatic heterocycles. The summed E-state index contributed by atoms with van der Waals surface area (Å²) in [5, 5.41) is 21.7. The van der Waals surface area contributed by atoms with Crippen molar-refractivity contribution < 1.29 is 13.9 Å². The highest BCUT2D eigenvalue weighted by Gasteiger charge is 2.43. The second kappa shape index (κ2) is 9.05. The summed E-state index contributed by atoms with van der Waals surface area (Å²) in [4.78, 5) is 26.0. The first kappa shape index (κ1) is 24.8.